The zero-order chi connectivity index (χ0) is 16.6. The van der Waals surface area contributed by atoms with Gasteiger partial charge in [-0.2, -0.15) is 0 Å². The SMILES string of the molecule is C=C1C[C@@H](C(=O)OC(C)(C)C)N(C(=O)OC(C)(C)C)C1=O. The predicted molar refractivity (Wildman–Crippen MR) is 76.5 cm³/mol. The van der Waals surface area contributed by atoms with Crippen molar-refractivity contribution < 1.29 is 23.9 Å². The molecule has 0 radical (unpaired) electrons. The summed E-state index contributed by atoms with van der Waals surface area (Å²) in [5.74, 6) is -1.24. The number of esters is 1. The van der Waals surface area contributed by atoms with E-state index in [1.165, 1.54) is 0 Å². The van der Waals surface area contributed by atoms with Crippen LogP contribution in [0.1, 0.15) is 48.0 Å². The van der Waals surface area contributed by atoms with E-state index in [0.717, 1.165) is 4.90 Å². The van der Waals surface area contributed by atoms with Crippen LogP contribution >= 0.6 is 0 Å². The summed E-state index contributed by atoms with van der Waals surface area (Å²) in [6, 6.07) is -1.01. The lowest BCUT2D eigenvalue weighted by Crippen LogP contribution is -2.47. The van der Waals surface area contributed by atoms with Gasteiger partial charge in [-0.1, -0.05) is 6.58 Å². The van der Waals surface area contributed by atoms with Gasteiger partial charge in [0.05, 0.1) is 0 Å². The number of rotatable bonds is 1. The molecule has 1 aliphatic heterocycles. The molecule has 0 aromatic carbocycles. The number of hydrogen-bond acceptors (Lipinski definition) is 5. The van der Waals surface area contributed by atoms with Gasteiger partial charge >= 0.3 is 12.1 Å². The molecule has 1 fully saturated rings. The van der Waals surface area contributed by atoms with Gasteiger partial charge < -0.3 is 9.47 Å². The van der Waals surface area contributed by atoms with Crippen LogP contribution in [0.3, 0.4) is 0 Å². The van der Waals surface area contributed by atoms with Crippen LogP contribution in [0.5, 0.6) is 0 Å². The molecule has 1 rings (SSSR count). The quantitative estimate of drug-likeness (QED) is 0.549. The van der Waals surface area contributed by atoms with Crippen molar-refractivity contribution in [3.05, 3.63) is 12.2 Å². The molecule has 2 amide bonds. The van der Waals surface area contributed by atoms with Crippen LogP contribution in [0.4, 0.5) is 4.79 Å². The van der Waals surface area contributed by atoms with Gasteiger partial charge in [0.25, 0.3) is 5.91 Å². The van der Waals surface area contributed by atoms with Crippen LogP contribution in [0, 0.1) is 0 Å². The van der Waals surface area contributed by atoms with Crippen LogP contribution in [0.15, 0.2) is 12.2 Å². The van der Waals surface area contributed by atoms with Gasteiger partial charge in [-0.25, -0.2) is 14.5 Å². The van der Waals surface area contributed by atoms with Crippen LogP contribution in [0.25, 0.3) is 0 Å². The van der Waals surface area contributed by atoms with Gasteiger partial charge in [0, 0.05) is 12.0 Å². The number of imide groups is 1. The molecule has 118 valence electrons. The van der Waals surface area contributed by atoms with Gasteiger partial charge in [0.15, 0.2) is 0 Å². The second kappa shape index (κ2) is 5.50. The molecule has 0 bridgehead atoms. The summed E-state index contributed by atoms with van der Waals surface area (Å²) in [6.45, 7) is 13.8. The zero-order valence-electron chi connectivity index (χ0n) is 13.5. The van der Waals surface area contributed by atoms with Gasteiger partial charge in [-0.15, -0.1) is 0 Å². The summed E-state index contributed by atoms with van der Waals surface area (Å²) in [7, 11) is 0. The lowest BCUT2D eigenvalue weighted by molar-refractivity contribution is -0.161. The number of ether oxygens (including phenoxy) is 2. The van der Waals surface area contributed by atoms with Crippen molar-refractivity contribution in [3.8, 4) is 0 Å². The molecule has 0 aliphatic carbocycles. The second-order valence-corrected chi connectivity index (χ2v) is 7.01. The van der Waals surface area contributed by atoms with Crippen LogP contribution in [0.2, 0.25) is 0 Å². The Balaban J connectivity index is 2.97. The first-order valence-electron chi connectivity index (χ1n) is 6.79. The first-order valence-corrected chi connectivity index (χ1v) is 6.79. The minimum atomic E-state index is -1.01. The van der Waals surface area contributed by atoms with E-state index >= 15 is 0 Å². The van der Waals surface area contributed by atoms with Gasteiger partial charge in [-0.05, 0) is 41.5 Å². The molecule has 0 spiro atoms. The Kier molecular flexibility index (Phi) is 4.51. The maximum atomic E-state index is 12.2. The average Bonchev–Trinajstić information content (AvgIpc) is 2.50. The van der Waals surface area contributed by atoms with E-state index in [2.05, 4.69) is 6.58 Å². The first kappa shape index (κ1) is 17.2. The minimum Gasteiger partial charge on any atom is -0.458 e. The third kappa shape index (κ3) is 4.58. The molecule has 1 heterocycles. The first-order chi connectivity index (χ1) is 9.32. The highest BCUT2D eigenvalue weighted by Gasteiger charge is 2.46. The van der Waals surface area contributed by atoms with E-state index in [1.807, 2.05) is 0 Å². The van der Waals surface area contributed by atoms with Gasteiger partial charge in [0.1, 0.15) is 17.2 Å². The highest BCUT2D eigenvalue weighted by molar-refractivity contribution is 6.08. The Bertz CT molecular complexity index is 481. The molecular weight excluding hydrogens is 274 g/mol. The van der Waals surface area contributed by atoms with Crippen molar-refractivity contribution in [1.29, 1.82) is 0 Å². The average molecular weight is 297 g/mol. The van der Waals surface area contributed by atoms with Crippen LogP contribution in [-0.2, 0) is 19.1 Å². The molecule has 0 saturated carbocycles. The van der Waals surface area contributed by atoms with Crippen molar-refractivity contribution in [2.24, 2.45) is 0 Å². The molecular formula is C15H23NO5. The molecule has 0 N–H and O–H groups in total. The van der Waals surface area contributed by atoms with Crippen molar-refractivity contribution >= 4 is 18.0 Å². The minimum absolute atomic E-state index is 0.0625. The van der Waals surface area contributed by atoms with E-state index in [0.29, 0.717) is 0 Å². The van der Waals surface area contributed by atoms with Crippen LogP contribution < -0.4 is 0 Å². The van der Waals surface area contributed by atoms with Crippen LogP contribution in [-0.4, -0.2) is 40.1 Å². The Labute approximate surface area is 125 Å². The standard InChI is InChI=1S/C15H23NO5/c1-9-8-10(12(18)20-14(2,3)4)16(11(9)17)13(19)21-15(5,6)7/h10H,1,8H2,2-7H3/t10-/m0/s1. The van der Waals surface area contributed by atoms with Crippen molar-refractivity contribution in [3.63, 3.8) is 0 Å². The Hall–Kier alpha value is -1.85. The fraction of sp³-hybridized carbons (Fsp3) is 0.667. The van der Waals surface area contributed by atoms with E-state index in [1.54, 1.807) is 41.5 Å². The van der Waals surface area contributed by atoms with E-state index in [4.69, 9.17) is 9.47 Å². The lowest BCUT2D eigenvalue weighted by Gasteiger charge is -2.28. The Morgan fingerprint density at radius 2 is 1.57 bits per heavy atom. The van der Waals surface area contributed by atoms with Crippen molar-refractivity contribution in [1.82, 2.24) is 4.90 Å². The van der Waals surface area contributed by atoms with Crippen molar-refractivity contribution in [2.45, 2.75) is 65.2 Å². The largest absolute Gasteiger partial charge is 0.458 e. The molecule has 0 aromatic heterocycles. The normalized spacial score (nSPS) is 19.7. The fourth-order valence-electron chi connectivity index (χ4n) is 1.80. The number of likely N-dealkylation sites (tertiary alicyclic amines) is 1. The summed E-state index contributed by atoms with van der Waals surface area (Å²) in [6.07, 6.45) is -0.797. The maximum absolute atomic E-state index is 12.2. The van der Waals surface area contributed by atoms with Gasteiger partial charge in [0.2, 0.25) is 0 Å². The molecule has 6 heteroatoms. The highest BCUT2D eigenvalue weighted by Crippen LogP contribution is 2.27. The topological polar surface area (TPSA) is 72.9 Å². The molecule has 1 saturated heterocycles. The summed E-state index contributed by atoms with van der Waals surface area (Å²) >= 11 is 0. The number of amides is 2. The summed E-state index contributed by atoms with van der Waals surface area (Å²) < 4.78 is 10.4. The fourth-order valence-corrected chi connectivity index (χ4v) is 1.80. The van der Waals surface area contributed by atoms with E-state index < -0.39 is 35.2 Å². The smallest absolute Gasteiger partial charge is 0.418 e. The van der Waals surface area contributed by atoms with E-state index in [-0.39, 0.29) is 12.0 Å². The predicted octanol–water partition coefficient (Wildman–Crippen LogP) is 2.42. The third-order valence-electron chi connectivity index (χ3n) is 2.54. The molecule has 0 aromatic rings. The molecule has 0 unspecified atom stereocenters. The lowest BCUT2D eigenvalue weighted by atomic mass is 10.1. The molecule has 6 nitrogen and oxygen atoms in total. The summed E-state index contributed by atoms with van der Waals surface area (Å²) in [5.41, 5.74) is -1.28. The summed E-state index contributed by atoms with van der Waals surface area (Å²) in [5, 5.41) is 0. The van der Waals surface area contributed by atoms with Crippen molar-refractivity contribution in [2.75, 3.05) is 0 Å². The molecule has 1 atom stereocenters. The third-order valence-corrected chi connectivity index (χ3v) is 2.54. The zero-order valence-corrected chi connectivity index (χ0v) is 13.5. The molecule has 21 heavy (non-hydrogen) atoms. The Morgan fingerprint density at radius 3 is 2.00 bits per heavy atom. The second-order valence-electron chi connectivity index (χ2n) is 7.01. The summed E-state index contributed by atoms with van der Waals surface area (Å²) in [4.78, 5) is 37.1. The number of hydrogen-bond donors (Lipinski definition) is 0. The highest BCUT2D eigenvalue weighted by atomic mass is 16.6. The molecule has 1 aliphatic rings. The number of nitrogens with zero attached hydrogens (tertiary/aromatic N) is 1. The Morgan fingerprint density at radius 1 is 1.10 bits per heavy atom. The maximum Gasteiger partial charge on any atom is 0.418 e. The monoisotopic (exact) mass is 297 g/mol. The van der Waals surface area contributed by atoms with E-state index in [9.17, 15) is 14.4 Å². The van der Waals surface area contributed by atoms with Gasteiger partial charge in [-0.3, -0.25) is 4.79 Å². The number of carbonyl (C=O) groups is 3. The number of carbonyl (C=O) groups excluding carboxylic acids is 3.